The molecular weight excluding hydrogens is 226 g/mol. The zero-order valence-corrected chi connectivity index (χ0v) is 11.5. The molecule has 1 spiro atoms. The summed E-state index contributed by atoms with van der Waals surface area (Å²) in [6, 6.07) is 0. The highest BCUT2D eigenvalue weighted by Crippen LogP contribution is 2.37. The number of amides is 1. The topological polar surface area (TPSA) is 35.6 Å². The van der Waals surface area contributed by atoms with E-state index < -0.39 is 0 Å². The highest BCUT2D eigenvalue weighted by Gasteiger charge is 2.45. The lowest BCUT2D eigenvalue weighted by Gasteiger charge is -2.53. The molecule has 3 aliphatic rings. The maximum absolute atomic E-state index is 12.6. The molecule has 3 rings (SSSR count). The lowest BCUT2D eigenvalue weighted by molar-refractivity contribution is -0.150. The van der Waals surface area contributed by atoms with E-state index >= 15 is 0 Å². The first-order valence-electron chi connectivity index (χ1n) is 7.42. The van der Waals surface area contributed by atoms with Crippen molar-refractivity contribution in [2.45, 2.75) is 37.6 Å². The van der Waals surface area contributed by atoms with E-state index in [0.717, 1.165) is 32.7 Å². The molecule has 2 aliphatic heterocycles. The average Bonchev–Trinajstić information content (AvgIpc) is 2.27. The maximum Gasteiger partial charge on any atom is 0.228 e. The van der Waals surface area contributed by atoms with Gasteiger partial charge in [0.1, 0.15) is 0 Å². The molecule has 1 amide bonds. The van der Waals surface area contributed by atoms with Crippen molar-refractivity contribution < 1.29 is 4.79 Å². The van der Waals surface area contributed by atoms with Crippen LogP contribution in [0.15, 0.2) is 0 Å². The molecular formula is C14H25N3O. The summed E-state index contributed by atoms with van der Waals surface area (Å²) >= 11 is 0. The van der Waals surface area contributed by atoms with Gasteiger partial charge in [-0.05, 0) is 19.9 Å². The van der Waals surface area contributed by atoms with Crippen LogP contribution in [0.4, 0.5) is 0 Å². The number of hydrogen-bond donors (Lipinski definition) is 1. The van der Waals surface area contributed by atoms with Gasteiger partial charge < -0.3 is 15.1 Å². The summed E-state index contributed by atoms with van der Waals surface area (Å²) in [4.78, 5) is 17.3. The molecule has 0 radical (unpaired) electrons. The van der Waals surface area contributed by atoms with Crippen LogP contribution in [0.2, 0.25) is 0 Å². The van der Waals surface area contributed by atoms with E-state index in [1.807, 2.05) is 0 Å². The zero-order chi connectivity index (χ0) is 12.6. The van der Waals surface area contributed by atoms with Gasteiger partial charge in [0.05, 0.1) is 11.5 Å². The second-order valence-corrected chi connectivity index (χ2v) is 6.37. The third-order valence-corrected chi connectivity index (χ3v) is 5.02. The molecule has 0 unspecified atom stereocenters. The monoisotopic (exact) mass is 251 g/mol. The molecule has 1 saturated carbocycles. The van der Waals surface area contributed by atoms with Gasteiger partial charge in [0, 0.05) is 32.7 Å². The number of carbonyl (C=O) groups excluding carboxylic acids is 1. The van der Waals surface area contributed by atoms with Crippen LogP contribution in [-0.4, -0.2) is 61.0 Å². The first-order chi connectivity index (χ1) is 8.71. The van der Waals surface area contributed by atoms with Crippen molar-refractivity contribution >= 4 is 5.91 Å². The van der Waals surface area contributed by atoms with E-state index in [-0.39, 0.29) is 11.5 Å². The molecule has 0 aromatic heterocycles. The Hall–Kier alpha value is -0.610. The highest BCUT2D eigenvalue weighted by molar-refractivity contribution is 5.81. The van der Waals surface area contributed by atoms with E-state index in [9.17, 15) is 4.79 Å². The molecule has 18 heavy (non-hydrogen) atoms. The number of nitrogens with zero attached hydrogens (tertiary/aromatic N) is 2. The molecule has 1 aliphatic carbocycles. The molecule has 1 N–H and O–H groups in total. The fraction of sp³-hybridized carbons (Fsp3) is 0.929. The van der Waals surface area contributed by atoms with Crippen molar-refractivity contribution in [2.24, 2.45) is 5.92 Å². The Bertz CT molecular complexity index is 321. The summed E-state index contributed by atoms with van der Waals surface area (Å²) in [6.45, 7) is 4.83. The van der Waals surface area contributed by atoms with Crippen molar-refractivity contribution in [1.29, 1.82) is 0 Å². The molecule has 3 fully saturated rings. The molecule has 0 bridgehead atoms. The number of piperazine rings is 1. The molecule has 0 aromatic rings. The normalized spacial score (nSPS) is 29.3. The Morgan fingerprint density at radius 2 is 1.89 bits per heavy atom. The predicted octanol–water partition coefficient (Wildman–Crippen LogP) is 0.683. The van der Waals surface area contributed by atoms with Crippen LogP contribution < -0.4 is 5.32 Å². The molecule has 4 nitrogen and oxygen atoms in total. The van der Waals surface area contributed by atoms with Crippen molar-refractivity contribution in [1.82, 2.24) is 15.1 Å². The highest BCUT2D eigenvalue weighted by atomic mass is 16.2. The predicted molar refractivity (Wildman–Crippen MR) is 71.4 cm³/mol. The zero-order valence-electron chi connectivity index (χ0n) is 11.5. The van der Waals surface area contributed by atoms with E-state index in [4.69, 9.17) is 0 Å². The van der Waals surface area contributed by atoms with Gasteiger partial charge in [0.2, 0.25) is 5.91 Å². The number of carbonyl (C=O) groups is 1. The fourth-order valence-electron chi connectivity index (χ4n) is 3.84. The van der Waals surface area contributed by atoms with E-state index in [2.05, 4.69) is 22.2 Å². The van der Waals surface area contributed by atoms with Gasteiger partial charge in [-0.25, -0.2) is 0 Å². The summed E-state index contributed by atoms with van der Waals surface area (Å²) in [6.07, 6.45) is 6.35. The molecule has 4 heteroatoms. The van der Waals surface area contributed by atoms with Crippen LogP contribution >= 0.6 is 0 Å². The van der Waals surface area contributed by atoms with Gasteiger partial charge in [-0.1, -0.05) is 19.3 Å². The third-order valence-electron chi connectivity index (χ3n) is 5.02. The lowest BCUT2D eigenvalue weighted by Crippen LogP contribution is -2.66. The number of rotatable bonds is 1. The maximum atomic E-state index is 12.6. The van der Waals surface area contributed by atoms with Crippen molar-refractivity contribution in [3.63, 3.8) is 0 Å². The SMILES string of the molecule is CN1CCN(C(=O)C2CNC2)C2(CCCCC2)C1. The largest absolute Gasteiger partial charge is 0.334 e. The van der Waals surface area contributed by atoms with Crippen LogP contribution in [0.25, 0.3) is 0 Å². The first kappa shape index (κ1) is 12.4. The molecule has 2 heterocycles. The van der Waals surface area contributed by atoms with E-state index in [0.29, 0.717) is 5.91 Å². The minimum absolute atomic E-state index is 0.165. The number of likely N-dealkylation sites (N-methyl/N-ethyl adjacent to an activating group) is 1. The lowest BCUT2D eigenvalue weighted by atomic mass is 9.77. The van der Waals surface area contributed by atoms with E-state index in [1.165, 1.54) is 32.1 Å². The second-order valence-electron chi connectivity index (χ2n) is 6.37. The van der Waals surface area contributed by atoms with Crippen molar-refractivity contribution in [3.05, 3.63) is 0 Å². The third kappa shape index (κ3) is 2.05. The summed E-state index contributed by atoms with van der Waals surface area (Å²) < 4.78 is 0. The Morgan fingerprint density at radius 3 is 2.50 bits per heavy atom. The van der Waals surface area contributed by atoms with Crippen LogP contribution in [0.3, 0.4) is 0 Å². The minimum atomic E-state index is 0.165. The van der Waals surface area contributed by atoms with Crippen LogP contribution in [0.5, 0.6) is 0 Å². The molecule has 2 saturated heterocycles. The van der Waals surface area contributed by atoms with Gasteiger partial charge in [0.25, 0.3) is 0 Å². The molecule has 102 valence electrons. The van der Waals surface area contributed by atoms with Gasteiger partial charge in [-0.15, -0.1) is 0 Å². The Balaban J connectivity index is 1.78. The van der Waals surface area contributed by atoms with E-state index in [1.54, 1.807) is 0 Å². The Morgan fingerprint density at radius 1 is 1.17 bits per heavy atom. The molecule has 0 atom stereocenters. The second kappa shape index (κ2) is 4.82. The van der Waals surface area contributed by atoms with Crippen LogP contribution in [0, 0.1) is 5.92 Å². The average molecular weight is 251 g/mol. The standard InChI is InChI=1S/C14H25N3O/c1-16-7-8-17(13(18)12-9-15-10-12)14(11-16)5-3-2-4-6-14/h12,15H,2-11H2,1H3. The summed E-state index contributed by atoms with van der Waals surface area (Å²) in [5.74, 6) is 0.677. The summed E-state index contributed by atoms with van der Waals surface area (Å²) in [5.41, 5.74) is 0.165. The minimum Gasteiger partial charge on any atom is -0.334 e. The summed E-state index contributed by atoms with van der Waals surface area (Å²) in [7, 11) is 2.20. The van der Waals surface area contributed by atoms with Gasteiger partial charge in [-0.2, -0.15) is 0 Å². The summed E-state index contributed by atoms with van der Waals surface area (Å²) in [5, 5.41) is 3.22. The Kier molecular flexibility index (Phi) is 3.32. The molecule has 0 aromatic carbocycles. The van der Waals surface area contributed by atoms with Crippen molar-refractivity contribution in [2.75, 3.05) is 39.8 Å². The Labute approximate surface area is 110 Å². The number of hydrogen-bond acceptors (Lipinski definition) is 3. The van der Waals surface area contributed by atoms with Crippen molar-refractivity contribution in [3.8, 4) is 0 Å². The van der Waals surface area contributed by atoms with Gasteiger partial charge >= 0.3 is 0 Å². The van der Waals surface area contributed by atoms with Crippen LogP contribution in [-0.2, 0) is 4.79 Å². The number of nitrogens with one attached hydrogen (secondary N) is 1. The van der Waals surface area contributed by atoms with Gasteiger partial charge in [-0.3, -0.25) is 4.79 Å². The first-order valence-corrected chi connectivity index (χ1v) is 7.42. The van der Waals surface area contributed by atoms with Crippen LogP contribution in [0.1, 0.15) is 32.1 Å². The quantitative estimate of drug-likeness (QED) is 0.744. The smallest absolute Gasteiger partial charge is 0.228 e. The fourth-order valence-corrected chi connectivity index (χ4v) is 3.84. The van der Waals surface area contributed by atoms with Gasteiger partial charge in [0.15, 0.2) is 0 Å².